The van der Waals surface area contributed by atoms with Crippen LogP contribution in [0.5, 0.6) is 0 Å². The third-order valence-electron chi connectivity index (χ3n) is 10.7. The van der Waals surface area contributed by atoms with E-state index >= 15 is 0 Å². The Morgan fingerprint density at radius 3 is 1.47 bits per heavy atom. The van der Waals surface area contributed by atoms with Crippen LogP contribution in [0.3, 0.4) is 0 Å². The van der Waals surface area contributed by atoms with Crippen LogP contribution >= 0.6 is 0 Å². The zero-order chi connectivity index (χ0) is 37.5. The first-order valence-corrected chi connectivity index (χ1v) is 21.6. The summed E-state index contributed by atoms with van der Waals surface area (Å²) in [7, 11) is 3.15. The van der Waals surface area contributed by atoms with Crippen LogP contribution in [0.2, 0.25) is 0 Å². The predicted molar refractivity (Wildman–Crippen MR) is 211 cm³/mol. The van der Waals surface area contributed by atoms with Gasteiger partial charge in [-0.3, -0.25) is 4.79 Å². The second-order valence-electron chi connectivity index (χ2n) is 15.4. The Hall–Kier alpha value is -1.42. The Morgan fingerprint density at radius 1 is 0.608 bits per heavy atom. The summed E-state index contributed by atoms with van der Waals surface area (Å²) in [6, 6.07) is -1.29. The quantitative estimate of drug-likeness (QED) is 0.0582. The van der Waals surface area contributed by atoms with Crippen LogP contribution in [-0.2, 0) is 14.3 Å². The number of nitrogens with one attached hydrogen (secondary N) is 1. The van der Waals surface area contributed by atoms with E-state index in [0.29, 0.717) is 19.5 Å². The molecule has 0 bridgehead atoms. The molecule has 9 heteroatoms. The van der Waals surface area contributed by atoms with E-state index in [1.54, 1.807) is 7.05 Å². The van der Waals surface area contributed by atoms with Gasteiger partial charge < -0.3 is 34.8 Å². The summed E-state index contributed by atoms with van der Waals surface area (Å²) < 4.78 is 11.7. The van der Waals surface area contributed by atoms with E-state index < -0.39 is 30.6 Å². The number of aliphatic hydroxyl groups excluding tert-OH is 2. The number of rotatable bonds is 33. The monoisotopic (exact) mass is 726 g/mol. The van der Waals surface area contributed by atoms with Crippen LogP contribution in [-0.4, -0.2) is 96.4 Å². The first kappa shape index (κ1) is 47.6. The Labute approximate surface area is 314 Å². The molecule has 1 rings (SSSR count). The molecule has 5 atom stereocenters. The molecule has 0 unspecified atom stereocenters. The number of carbonyl (C=O) groups is 2. The number of hydrogen-bond donors (Lipinski definition) is 3. The molecule has 3 N–H and O–H groups in total. The van der Waals surface area contributed by atoms with E-state index in [2.05, 4.69) is 19.2 Å². The molecular weight excluding hydrogens is 642 g/mol. The lowest BCUT2D eigenvalue weighted by Crippen LogP contribution is -2.66. The topological polar surface area (TPSA) is 112 Å². The smallest absolute Gasteiger partial charge is 0.317 e. The minimum atomic E-state index is -1.29. The molecular formula is C42H83N3O6. The number of urea groups is 1. The average molecular weight is 726 g/mol. The predicted octanol–water partition coefficient (Wildman–Crippen LogP) is 9.51. The van der Waals surface area contributed by atoms with E-state index in [9.17, 15) is 19.8 Å². The van der Waals surface area contributed by atoms with Gasteiger partial charge in [-0.1, -0.05) is 168 Å². The molecule has 0 aromatic heterocycles. The van der Waals surface area contributed by atoms with Gasteiger partial charge >= 0.3 is 6.03 Å². The van der Waals surface area contributed by atoms with Crippen LogP contribution < -0.4 is 5.32 Å². The molecule has 1 saturated heterocycles. The second kappa shape index (κ2) is 32.0. The van der Waals surface area contributed by atoms with Gasteiger partial charge in [0.1, 0.15) is 24.4 Å². The molecule has 0 aromatic rings. The Kier molecular flexibility index (Phi) is 29.9. The maximum atomic E-state index is 13.5. The number of methoxy groups -OCH3 is 1. The summed E-state index contributed by atoms with van der Waals surface area (Å²) in [5, 5.41) is 25.0. The Morgan fingerprint density at radius 2 is 1.04 bits per heavy atom. The number of ether oxygens (including phenoxy) is 2. The first-order valence-electron chi connectivity index (χ1n) is 21.6. The Balaban J connectivity index is 2.55. The van der Waals surface area contributed by atoms with Gasteiger partial charge in [0.2, 0.25) is 5.91 Å². The van der Waals surface area contributed by atoms with Crippen molar-refractivity contribution in [3.05, 3.63) is 0 Å². The summed E-state index contributed by atoms with van der Waals surface area (Å²) in [5.41, 5.74) is 0. The maximum Gasteiger partial charge on any atom is 0.317 e. The van der Waals surface area contributed by atoms with Crippen LogP contribution in [0.1, 0.15) is 194 Å². The molecule has 1 aliphatic heterocycles. The molecule has 0 aliphatic carbocycles. The zero-order valence-corrected chi connectivity index (χ0v) is 34.0. The fraction of sp³-hybridized carbons (Fsp3) is 0.952. The summed E-state index contributed by atoms with van der Waals surface area (Å²) >= 11 is 0. The van der Waals surface area contributed by atoms with Crippen molar-refractivity contribution < 1.29 is 29.3 Å². The molecule has 1 aliphatic rings. The molecule has 0 spiro atoms. The summed E-state index contributed by atoms with van der Waals surface area (Å²) in [6.45, 7) is 7.85. The minimum Gasteiger partial charge on any atom is -0.388 e. The van der Waals surface area contributed by atoms with Gasteiger partial charge in [-0.25, -0.2) is 4.79 Å². The van der Waals surface area contributed by atoms with Gasteiger partial charge in [-0.15, -0.1) is 0 Å². The number of amides is 3. The summed E-state index contributed by atoms with van der Waals surface area (Å²) in [5.74, 6) is 0.0785. The van der Waals surface area contributed by atoms with Crippen molar-refractivity contribution in [1.29, 1.82) is 0 Å². The molecule has 1 heterocycles. The van der Waals surface area contributed by atoms with Crippen LogP contribution in [0.25, 0.3) is 0 Å². The molecule has 0 aromatic carbocycles. The first-order chi connectivity index (χ1) is 24.8. The third kappa shape index (κ3) is 22.4. The van der Waals surface area contributed by atoms with Crippen LogP contribution in [0.4, 0.5) is 4.79 Å². The number of nitrogens with zero attached hydrogens (tertiary/aromatic N) is 2. The number of carbonyl (C=O) groups excluding carboxylic acids is 2. The molecule has 1 fully saturated rings. The van der Waals surface area contributed by atoms with E-state index in [1.165, 1.54) is 140 Å². The zero-order valence-electron chi connectivity index (χ0n) is 34.0. The molecule has 51 heavy (non-hydrogen) atoms. The lowest BCUT2D eigenvalue weighted by molar-refractivity contribution is -0.257. The maximum absolute atomic E-state index is 13.5. The normalized spacial score (nSPS) is 20.4. The van der Waals surface area contributed by atoms with E-state index in [4.69, 9.17) is 9.47 Å². The van der Waals surface area contributed by atoms with Crippen molar-refractivity contribution >= 4 is 11.9 Å². The van der Waals surface area contributed by atoms with Crippen LogP contribution in [0.15, 0.2) is 0 Å². The Bertz CT molecular complexity index is 830. The van der Waals surface area contributed by atoms with Gasteiger partial charge in [0, 0.05) is 40.2 Å². The lowest BCUT2D eigenvalue weighted by atomic mass is 9.96. The standard InChI is InChI=1S/C42H83N3O6/c1-6-9-11-13-15-17-18-19-20-21-22-23-25-27-29-31-34-45(37(46)32-30-28-26-24-16-14-12-10-7-2)35-36-39(47)40(48)38(41(50-5)51-36)43-42(49)44(4)33-8-3/h36,38-41,47-48H,6-35H2,1-5H3,(H,43,49)/t36-,38+,39-,40-,41+/m1/s1. The largest absolute Gasteiger partial charge is 0.388 e. The highest BCUT2D eigenvalue weighted by atomic mass is 16.7. The van der Waals surface area contributed by atoms with Gasteiger partial charge in [0.15, 0.2) is 6.29 Å². The van der Waals surface area contributed by atoms with Gasteiger partial charge in [0.05, 0.1) is 0 Å². The van der Waals surface area contributed by atoms with E-state index in [-0.39, 0.29) is 18.5 Å². The summed E-state index contributed by atoms with van der Waals surface area (Å²) in [6.07, 6.45) is 28.5. The van der Waals surface area contributed by atoms with Gasteiger partial charge in [0.25, 0.3) is 0 Å². The SMILES string of the molecule is CCCCCCCCCCCCCCCCCCN(C[C@H]1O[C@H](OC)[C@@H](NC(=O)N(C)CCC)[C@@H](O)[C@@H]1O)C(=O)CCCCCCCCCCC. The van der Waals surface area contributed by atoms with E-state index in [1.807, 2.05) is 11.8 Å². The molecule has 0 radical (unpaired) electrons. The van der Waals surface area contributed by atoms with Crippen molar-refractivity contribution in [2.45, 2.75) is 225 Å². The van der Waals surface area contributed by atoms with E-state index in [0.717, 1.165) is 38.5 Å². The van der Waals surface area contributed by atoms with Crippen molar-refractivity contribution in [2.24, 2.45) is 0 Å². The van der Waals surface area contributed by atoms with Crippen molar-refractivity contribution in [3.8, 4) is 0 Å². The molecule has 302 valence electrons. The van der Waals surface area contributed by atoms with Crippen molar-refractivity contribution in [3.63, 3.8) is 0 Å². The number of aliphatic hydroxyl groups is 2. The second-order valence-corrected chi connectivity index (χ2v) is 15.4. The third-order valence-corrected chi connectivity index (χ3v) is 10.7. The van der Waals surface area contributed by atoms with Crippen molar-refractivity contribution in [1.82, 2.24) is 15.1 Å². The summed E-state index contributed by atoms with van der Waals surface area (Å²) in [4.78, 5) is 29.6. The number of hydrogen-bond acceptors (Lipinski definition) is 6. The van der Waals surface area contributed by atoms with Crippen LogP contribution in [0, 0.1) is 0 Å². The van der Waals surface area contributed by atoms with Gasteiger partial charge in [-0.2, -0.15) is 0 Å². The highest BCUT2D eigenvalue weighted by Crippen LogP contribution is 2.24. The van der Waals surface area contributed by atoms with Crippen molar-refractivity contribution in [2.75, 3.05) is 33.8 Å². The highest BCUT2D eigenvalue weighted by molar-refractivity contribution is 5.76. The minimum absolute atomic E-state index is 0.0785. The average Bonchev–Trinajstić information content (AvgIpc) is 3.12. The van der Waals surface area contributed by atoms with Gasteiger partial charge in [-0.05, 0) is 19.3 Å². The number of unbranched alkanes of at least 4 members (excludes halogenated alkanes) is 23. The lowest BCUT2D eigenvalue weighted by Gasteiger charge is -2.44. The fourth-order valence-corrected chi connectivity index (χ4v) is 7.26. The molecule has 9 nitrogen and oxygen atoms in total. The molecule has 3 amide bonds. The highest BCUT2D eigenvalue weighted by Gasteiger charge is 2.46. The molecule has 0 saturated carbocycles. The fourth-order valence-electron chi connectivity index (χ4n) is 7.26.